The van der Waals surface area contributed by atoms with Crippen molar-refractivity contribution in [3.05, 3.63) is 75.4 Å². The van der Waals surface area contributed by atoms with Crippen LogP contribution in [0.4, 0.5) is 5.95 Å². The van der Waals surface area contributed by atoms with Gasteiger partial charge in [0.2, 0.25) is 5.95 Å². The van der Waals surface area contributed by atoms with E-state index in [9.17, 15) is 4.79 Å². The molecule has 3 aromatic rings. The monoisotopic (exact) mass is 483 g/mol. The molecule has 0 saturated carbocycles. The Kier molecular flexibility index (Phi) is 6.31. The summed E-state index contributed by atoms with van der Waals surface area (Å²) in [6, 6.07) is 14.7. The van der Waals surface area contributed by atoms with E-state index in [0.717, 1.165) is 22.0 Å². The van der Waals surface area contributed by atoms with Gasteiger partial charge in [0, 0.05) is 15.7 Å². The molecule has 0 amide bonds. The standard InChI is InChI=1S/C22H22BrN5O3/c1-3-11-30-18-10-9-16(23)12-17(18)20-19(14(2)24-22-25-26-27-28(20)22)21(29)31-13-15-7-5-4-6-8-15/h4-10,12,20H,3,11,13H2,1-2H3,(H,24,25,27)/t20-/m0/s1. The summed E-state index contributed by atoms with van der Waals surface area (Å²) < 4.78 is 14.1. The Balaban J connectivity index is 1.73. The van der Waals surface area contributed by atoms with E-state index in [-0.39, 0.29) is 6.61 Å². The maximum absolute atomic E-state index is 13.3. The number of ether oxygens (including phenoxy) is 2. The fourth-order valence-corrected chi connectivity index (χ4v) is 3.82. The van der Waals surface area contributed by atoms with Crippen LogP contribution in [0.2, 0.25) is 0 Å². The van der Waals surface area contributed by atoms with Crippen LogP contribution in [0.5, 0.6) is 5.75 Å². The molecule has 1 aliphatic heterocycles. The predicted molar refractivity (Wildman–Crippen MR) is 118 cm³/mol. The van der Waals surface area contributed by atoms with Crippen molar-refractivity contribution in [2.24, 2.45) is 0 Å². The van der Waals surface area contributed by atoms with Gasteiger partial charge in [-0.15, -0.1) is 0 Å². The minimum absolute atomic E-state index is 0.170. The summed E-state index contributed by atoms with van der Waals surface area (Å²) in [6.07, 6.45) is 0.860. The van der Waals surface area contributed by atoms with Crippen molar-refractivity contribution in [3.8, 4) is 5.75 Å². The minimum atomic E-state index is -0.598. The smallest absolute Gasteiger partial charge is 0.338 e. The zero-order chi connectivity index (χ0) is 21.8. The lowest BCUT2D eigenvalue weighted by Crippen LogP contribution is -2.30. The number of benzene rings is 2. The van der Waals surface area contributed by atoms with Gasteiger partial charge in [0.25, 0.3) is 0 Å². The molecule has 1 atom stereocenters. The number of esters is 1. The highest BCUT2D eigenvalue weighted by Crippen LogP contribution is 2.40. The number of carbonyl (C=O) groups excluding carboxylic acids is 1. The maximum atomic E-state index is 13.3. The first kappa shape index (κ1) is 21.0. The molecular formula is C22H22BrN5O3. The summed E-state index contributed by atoms with van der Waals surface area (Å²) >= 11 is 3.53. The number of aromatic nitrogens is 4. The SMILES string of the molecule is CCCOc1ccc(Br)cc1[C@H]1C(C(=O)OCc2ccccc2)=C(C)Nc2nnnn21. The maximum Gasteiger partial charge on any atom is 0.338 e. The molecule has 0 bridgehead atoms. The summed E-state index contributed by atoms with van der Waals surface area (Å²) in [4.78, 5) is 13.3. The molecule has 1 aromatic heterocycles. The third-order valence-electron chi connectivity index (χ3n) is 4.87. The molecule has 0 radical (unpaired) electrons. The first-order chi connectivity index (χ1) is 15.1. The Morgan fingerprint density at radius 2 is 2.03 bits per heavy atom. The van der Waals surface area contributed by atoms with E-state index in [0.29, 0.717) is 29.6 Å². The van der Waals surface area contributed by atoms with Crippen LogP contribution >= 0.6 is 15.9 Å². The van der Waals surface area contributed by atoms with Crippen molar-refractivity contribution in [1.29, 1.82) is 0 Å². The lowest BCUT2D eigenvalue weighted by Gasteiger charge is -2.28. The molecule has 8 nitrogen and oxygen atoms in total. The largest absolute Gasteiger partial charge is 0.493 e. The topological polar surface area (TPSA) is 91.2 Å². The number of tetrazole rings is 1. The normalized spacial score (nSPS) is 15.3. The Morgan fingerprint density at radius 1 is 1.23 bits per heavy atom. The Bertz CT molecular complexity index is 1110. The molecule has 1 aliphatic rings. The molecule has 0 unspecified atom stereocenters. The third kappa shape index (κ3) is 4.46. The first-order valence-corrected chi connectivity index (χ1v) is 10.8. The number of fused-ring (bicyclic) bond motifs is 1. The van der Waals surface area contributed by atoms with Gasteiger partial charge < -0.3 is 14.8 Å². The van der Waals surface area contributed by atoms with Gasteiger partial charge in [-0.2, -0.15) is 4.68 Å². The lowest BCUT2D eigenvalue weighted by molar-refractivity contribution is -0.140. The molecule has 31 heavy (non-hydrogen) atoms. The summed E-state index contributed by atoms with van der Waals surface area (Å²) in [5.74, 6) is 0.671. The van der Waals surface area contributed by atoms with E-state index >= 15 is 0 Å². The lowest BCUT2D eigenvalue weighted by atomic mass is 9.95. The number of anilines is 1. The van der Waals surface area contributed by atoms with Gasteiger partial charge in [0.05, 0.1) is 12.2 Å². The molecular weight excluding hydrogens is 462 g/mol. The van der Waals surface area contributed by atoms with Gasteiger partial charge in [-0.3, -0.25) is 0 Å². The van der Waals surface area contributed by atoms with Crippen molar-refractivity contribution in [2.45, 2.75) is 32.9 Å². The third-order valence-corrected chi connectivity index (χ3v) is 5.37. The second kappa shape index (κ2) is 9.30. The van der Waals surface area contributed by atoms with E-state index < -0.39 is 12.0 Å². The molecule has 4 rings (SSSR count). The van der Waals surface area contributed by atoms with E-state index in [1.165, 1.54) is 0 Å². The van der Waals surface area contributed by atoms with Gasteiger partial charge in [-0.25, -0.2) is 4.79 Å². The van der Waals surface area contributed by atoms with Crippen LogP contribution < -0.4 is 10.1 Å². The van der Waals surface area contributed by atoms with Crippen LogP contribution in [0.15, 0.2) is 64.3 Å². The fourth-order valence-electron chi connectivity index (χ4n) is 3.44. The van der Waals surface area contributed by atoms with E-state index in [2.05, 4.69) is 36.8 Å². The van der Waals surface area contributed by atoms with Crippen LogP contribution in [0.25, 0.3) is 0 Å². The zero-order valence-electron chi connectivity index (χ0n) is 17.2. The van der Waals surface area contributed by atoms with Gasteiger partial charge in [-0.1, -0.05) is 58.3 Å². The Hall–Kier alpha value is -3.20. The van der Waals surface area contributed by atoms with Crippen molar-refractivity contribution >= 4 is 27.8 Å². The van der Waals surface area contributed by atoms with Gasteiger partial charge >= 0.3 is 5.97 Å². The molecule has 160 valence electrons. The highest BCUT2D eigenvalue weighted by atomic mass is 79.9. The number of halogens is 1. The van der Waals surface area contributed by atoms with Gasteiger partial charge in [0.15, 0.2) is 0 Å². The number of hydrogen-bond donors (Lipinski definition) is 1. The summed E-state index contributed by atoms with van der Waals surface area (Å²) in [7, 11) is 0. The van der Waals surface area contributed by atoms with Gasteiger partial charge in [0.1, 0.15) is 18.4 Å². The Labute approximate surface area is 188 Å². The summed E-state index contributed by atoms with van der Waals surface area (Å²) in [5.41, 5.74) is 2.73. The van der Waals surface area contributed by atoms with E-state index in [1.54, 1.807) is 4.68 Å². The molecule has 0 spiro atoms. The van der Waals surface area contributed by atoms with Crippen LogP contribution in [-0.4, -0.2) is 32.8 Å². The molecule has 1 N–H and O–H groups in total. The van der Waals surface area contributed by atoms with Crippen LogP contribution in [0.1, 0.15) is 37.4 Å². The fraction of sp³-hybridized carbons (Fsp3) is 0.273. The molecule has 0 saturated heterocycles. The van der Waals surface area contributed by atoms with Crippen molar-refractivity contribution < 1.29 is 14.3 Å². The second-order valence-corrected chi connectivity index (χ2v) is 8.02. The van der Waals surface area contributed by atoms with Crippen LogP contribution in [-0.2, 0) is 16.1 Å². The average Bonchev–Trinajstić information content (AvgIpc) is 3.24. The Morgan fingerprint density at radius 3 is 2.81 bits per heavy atom. The van der Waals surface area contributed by atoms with Gasteiger partial charge in [-0.05, 0) is 47.5 Å². The highest BCUT2D eigenvalue weighted by Gasteiger charge is 2.36. The van der Waals surface area contributed by atoms with E-state index in [4.69, 9.17) is 9.47 Å². The zero-order valence-corrected chi connectivity index (χ0v) is 18.8. The molecule has 2 aromatic carbocycles. The molecule has 0 aliphatic carbocycles. The number of carbonyl (C=O) groups is 1. The minimum Gasteiger partial charge on any atom is -0.493 e. The van der Waals surface area contributed by atoms with Crippen molar-refractivity contribution in [1.82, 2.24) is 20.2 Å². The predicted octanol–water partition coefficient (Wildman–Crippen LogP) is 4.26. The summed E-state index contributed by atoms with van der Waals surface area (Å²) in [6.45, 7) is 4.58. The van der Waals surface area contributed by atoms with E-state index in [1.807, 2.05) is 62.4 Å². The number of rotatable bonds is 7. The number of nitrogens with zero attached hydrogens (tertiary/aromatic N) is 4. The number of hydrogen-bond acceptors (Lipinski definition) is 7. The quantitative estimate of drug-likeness (QED) is 0.502. The average molecular weight is 484 g/mol. The summed E-state index contributed by atoms with van der Waals surface area (Å²) in [5, 5.41) is 15.1. The van der Waals surface area contributed by atoms with Crippen molar-refractivity contribution in [2.75, 3.05) is 11.9 Å². The molecule has 0 fully saturated rings. The van der Waals surface area contributed by atoms with Crippen molar-refractivity contribution in [3.63, 3.8) is 0 Å². The molecule has 9 heteroatoms. The van der Waals surface area contributed by atoms with Crippen LogP contribution in [0, 0.1) is 0 Å². The first-order valence-electron chi connectivity index (χ1n) is 9.97. The highest BCUT2D eigenvalue weighted by molar-refractivity contribution is 9.10. The van der Waals surface area contributed by atoms with Crippen LogP contribution in [0.3, 0.4) is 0 Å². The second-order valence-electron chi connectivity index (χ2n) is 7.11. The molecule has 2 heterocycles. The number of allylic oxidation sites excluding steroid dienone is 1. The number of nitrogens with one attached hydrogen (secondary N) is 1.